The average Bonchev–Trinajstić information content (AvgIpc) is 3.28. The molecule has 110 valence electrons. The van der Waals surface area contributed by atoms with Gasteiger partial charge in [0.1, 0.15) is 0 Å². The third-order valence-electron chi connectivity index (χ3n) is 3.68. The first-order valence-corrected chi connectivity index (χ1v) is 7.73. The smallest absolute Gasteiger partial charge is 0.307 e. The molecular formula is C17H25NO2. The third-order valence-corrected chi connectivity index (χ3v) is 3.68. The maximum atomic E-state index is 11.8. The van der Waals surface area contributed by atoms with Gasteiger partial charge in [0, 0.05) is 6.04 Å². The fourth-order valence-electron chi connectivity index (χ4n) is 2.46. The largest absolute Gasteiger partial charge is 0.466 e. The van der Waals surface area contributed by atoms with Crippen molar-refractivity contribution in [1.82, 2.24) is 5.32 Å². The van der Waals surface area contributed by atoms with Crippen LogP contribution in [-0.2, 0) is 9.53 Å². The lowest BCUT2D eigenvalue weighted by Crippen LogP contribution is -2.25. The second-order valence-electron chi connectivity index (χ2n) is 5.46. The zero-order valence-electron chi connectivity index (χ0n) is 12.5. The van der Waals surface area contributed by atoms with Crippen molar-refractivity contribution >= 4 is 5.97 Å². The zero-order chi connectivity index (χ0) is 14.4. The van der Waals surface area contributed by atoms with E-state index in [1.807, 2.05) is 6.92 Å². The van der Waals surface area contributed by atoms with Crippen LogP contribution in [0, 0.1) is 0 Å². The van der Waals surface area contributed by atoms with Crippen LogP contribution in [0.4, 0.5) is 0 Å². The van der Waals surface area contributed by atoms with Gasteiger partial charge in [-0.2, -0.15) is 0 Å². The molecule has 0 heterocycles. The molecule has 1 saturated carbocycles. The summed E-state index contributed by atoms with van der Waals surface area (Å²) in [6.07, 6.45) is 4.06. The number of benzene rings is 1. The van der Waals surface area contributed by atoms with Gasteiger partial charge in [0.05, 0.1) is 13.0 Å². The van der Waals surface area contributed by atoms with E-state index in [0.717, 1.165) is 18.9 Å². The molecule has 1 fully saturated rings. The summed E-state index contributed by atoms with van der Waals surface area (Å²) in [6.45, 7) is 5.34. The molecule has 0 aromatic heterocycles. The van der Waals surface area contributed by atoms with Crippen molar-refractivity contribution in [3.8, 4) is 0 Å². The van der Waals surface area contributed by atoms with Gasteiger partial charge >= 0.3 is 5.97 Å². The summed E-state index contributed by atoms with van der Waals surface area (Å²) in [5, 5.41) is 3.46. The van der Waals surface area contributed by atoms with Crippen LogP contribution >= 0.6 is 0 Å². The van der Waals surface area contributed by atoms with Crippen molar-refractivity contribution in [1.29, 1.82) is 0 Å². The van der Waals surface area contributed by atoms with E-state index in [1.54, 1.807) is 0 Å². The molecule has 0 bridgehead atoms. The summed E-state index contributed by atoms with van der Waals surface area (Å²) in [5.74, 6) is 0.613. The predicted octanol–water partition coefficient (Wildman–Crippen LogP) is 3.56. The molecule has 1 aromatic rings. The SMILES string of the molecule is CCCNC(CC(=O)OCC)c1cccc(C2CC2)c1. The molecule has 0 spiro atoms. The maximum Gasteiger partial charge on any atom is 0.307 e. The fourth-order valence-corrected chi connectivity index (χ4v) is 2.46. The molecule has 20 heavy (non-hydrogen) atoms. The van der Waals surface area contributed by atoms with Crippen molar-refractivity contribution < 1.29 is 9.53 Å². The van der Waals surface area contributed by atoms with Gasteiger partial charge in [-0.05, 0) is 49.8 Å². The van der Waals surface area contributed by atoms with Gasteiger partial charge in [0.15, 0.2) is 0 Å². The van der Waals surface area contributed by atoms with Crippen molar-refractivity contribution in [3.05, 3.63) is 35.4 Å². The Balaban J connectivity index is 2.07. The van der Waals surface area contributed by atoms with Crippen LogP contribution in [0.3, 0.4) is 0 Å². The lowest BCUT2D eigenvalue weighted by molar-refractivity contribution is -0.143. The molecule has 3 heteroatoms. The molecule has 1 aromatic carbocycles. The molecule has 0 saturated heterocycles. The van der Waals surface area contributed by atoms with Gasteiger partial charge in [0.25, 0.3) is 0 Å². The molecule has 1 unspecified atom stereocenters. The molecule has 3 nitrogen and oxygen atoms in total. The van der Waals surface area contributed by atoms with Crippen molar-refractivity contribution in [2.24, 2.45) is 0 Å². The normalized spacial score (nSPS) is 15.9. The molecule has 2 rings (SSSR count). The highest BCUT2D eigenvalue weighted by molar-refractivity contribution is 5.70. The molecule has 1 N–H and O–H groups in total. The van der Waals surface area contributed by atoms with E-state index in [0.29, 0.717) is 13.0 Å². The molecule has 0 radical (unpaired) electrons. The van der Waals surface area contributed by atoms with Gasteiger partial charge in [-0.1, -0.05) is 31.2 Å². The molecule has 1 aliphatic rings. The number of hydrogen-bond donors (Lipinski definition) is 1. The lowest BCUT2D eigenvalue weighted by atomic mass is 9.99. The Morgan fingerprint density at radius 2 is 2.20 bits per heavy atom. The third kappa shape index (κ3) is 4.34. The molecule has 1 atom stereocenters. The first-order valence-electron chi connectivity index (χ1n) is 7.73. The Morgan fingerprint density at radius 3 is 2.85 bits per heavy atom. The highest BCUT2D eigenvalue weighted by Crippen LogP contribution is 2.40. The van der Waals surface area contributed by atoms with Gasteiger partial charge in [-0.3, -0.25) is 4.79 Å². The van der Waals surface area contributed by atoms with Crippen LogP contribution < -0.4 is 5.32 Å². The van der Waals surface area contributed by atoms with Crippen molar-refractivity contribution in [2.75, 3.05) is 13.2 Å². The van der Waals surface area contributed by atoms with Gasteiger partial charge in [-0.15, -0.1) is 0 Å². The Labute approximate surface area is 121 Å². The van der Waals surface area contributed by atoms with E-state index in [2.05, 4.69) is 36.5 Å². The standard InChI is InChI=1S/C17H25NO2/c1-3-10-18-16(12-17(19)20-4-2)15-7-5-6-14(11-15)13-8-9-13/h5-7,11,13,16,18H,3-4,8-10,12H2,1-2H3. The van der Waals surface area contributed by atoms with Crippen LogP contribution in [0.1, 0.15) is 62.6 Å². The summed E-state index contributed by atoms with van der Waals surface area (Å²) < 4.78 is 5.08. The number of rotatable bonds is 8. The monoisotopic (exact) mass is 275 g/mol. The Kier molecular flexibility index (Phi) is 5.60. The van der Waals surface area contributed by atoms with Crippen LogP contribution in [0.15, 0.2) is 24.3 Å². The van der Waals surface area contributed by atoms with Gasteiger partial charge in [-0.25, -0.2) is 0 Å². The minimum absolute atomic E-state index is 0.0627. The number of hydrogen-bond acceptors (Lipinski definition) is 3. The topological polar surface area (TPSA) is 38.3 Å². The second kappa shape index (κ2) is 7.44. The Morgan fingerprint density at radius 1 is 1.40 bits per heavy atom. The first-order chi connectivity index (χ1) is 9.74. The first kappa shape index (κ1) is 15.0. The van der Waals surface area contributed by atoms with Crippen molar-refractivity contribution in [2.45, 2.75) is 51.5 Å². The van der Waals surface area contributed by atoms with Gasteiger partial charge in [0.2, 0.25) is 0 Å². The second-order valence-corrected chi connectivity index (χ2v) is 5.46. The van der Waals surface area contributed by atoms with Crippen LogP contribution in [0.2, 0.25) is 0 Å². The summed E-state index contributed by atoms with van der Waals surface area (Å²) in [6, 6.07) is 8.73. The summed E-state index contributed by atoms with van der Waals surface area (Å²) in [5.41, 5.74) is 2.62. The summed E-state index contributed by atoms with van der Waals surface area (Å²) >= 11 is 0. The highest BCUT2D eigenvalue weighted by atomic mass is 16.5. The minimum Gasteiger partial charge on any atom is -0.466 e. The van der Waals surface area contributed by atoms with E-state index in [9.17, 15) is 4.79 Å². The number of carbonyl (C=O) groups excluding carboxylic acids is 1. The van der Waals surface area contributed by atoms with E-state index in [-0.39, 0.29) is 12.0 Å². The summed E-state index contributed by atoms with van der Waals surface area (Å²) in [7, 11) is 0. The molecule has 0 aliphatic heterocycles. The van der Waals surface area contributed by atoms with E-state index in [1.165, 1.54) is 24.0 Å². The summed E-state index contributed by atoms with van der Waals surface area (Å²) in [4.78, 5) is 11.8. The lowest BCUT2D eigenvalue weighted by Gasteiger charge is -2.19. The fraction of sp³-hybridized carbons (Fsp3) is 0.588. The number of nitrogens with one attached hydrogen (secondary N) is 1. The number of carbonyl (C=O) groups is 1. The molecular weight excluding hydrogens is 250 g/mol. The minimum atomic E-state index is -0.127. The van der Waals surface area contributed by atoms with Crippen LogP contribution in [-0.4, -0.2) is 19.1 Å². The average molecular weight is 275 g/mol. The zero-order valence-corrected chi connectivity index (χ0v) is 12.5. The molecule has 1 aliphatic carbocycles. The van der Waals surface area contributed by atoms with E-state index in [4.69, 9.17) is 4.74 Å². The van der Waals surface area contributed by atoms with E-state index >= 15 is 0 Å². The number of esters is 1. The Hall–Kier alpha value is -1.35. The predicted molar refractivity (Wildman–Crippen MR) is 80.7 cm³/mol. The Bertz CT molecular complexity index is 440. The van der Waals surface area contributed by atoms with Crippen LogP contribution in [0.25, 0.3) is 0 Å². The number of ether oxygens (including phenoxy) is 1. The maximum absolute atomic E-state index is 11.8. The van der Waals surface area contributed by atoms with Crippen LogP contribution in [0.5, 0.6) is 0 Å². The molecule has 0 amide bonds. The quantitative estimate of drug-likeness (QED) is 0.737. The van der Waals surface area contributed by atoms with Crippen molar-refractivity contribution in [3.63, 3.8) is 0 Å². The van der Waals surface area contributed by atoms with E-state index < -0.39 is 0 Å². The van der Waals surface area contributed by atoms with Gasteiger partial charge < -0.3 is 10.1 Å². The highest BCUT2D eigenvalue weighted by Gasteiger charge is 2.24.